The molecule has 0 bridgehead atoms. The van der Waals surface area contributed by atoms with E-state index in [1.807, 2.05) is 24.3 Å². The van der Waals surface area contributed by atoms with Crippen LogP contribution in [0.2, 0.25) is 0 Å². The second-order valence-electron chi connectivity index (χ2n) is 8.85. The molecule has 7 heteroatoms. The number of carbonyl (C=O) groups excluding carboxylic acids is 3. The SMILES string of the molecule is CC(=O)NCc1ccc(C(NC2CCN(C)CC2)=C2C(=O)Nc3ccc(C(C)=O)cc32)cc1. The van der Waals surface area contributed by atoms with E-state index >= 15 is 0 Å². The summed E-state index contributed by atoms with van der Waals surface area (Å²) in [6.07, 6.45) is 1.96. The number of hydrogen-bond donors (Lipinski definition) is 3. The van der Waals surface area contributed by atoms with Gasteiger partial charge in [-0.3, -0.25) is 14.4 Å². The fraction of sp³-hybridized carbons (Fsp3) is 0.346. The zero-order valence-corrected chi connectivity index (χ0v) is 19.3. The summed E-state index contributed by atoms with van der Waals surface area (Å²) in [5, 5.41) is 9.42. The standard InChI is InChI=1S/C26H30N4O3/c1-16(31)20-8-9-23-22(14-20)24(26(33)29-23)25(28-21-10-12-30(3)13-11-21)19-6-4-18(5-7-19)15-27-17(2)32/h4-9,14,21,28H,10-13,15H2,1-3H3,(H,27,32)(H,29,33). The van der Waals surface area contributed by atoms with Crippen LogP contribution in [-0.4, -0.2) is 48.7 Å². The lowest BCUT2D eigenvalue weighted by atomic mass is 9.95. The molecule has 2 heterocycles. The molecule has 7 nitrogen and oxygen atoms in total. The predicted octanol–water partition coefficient (Wildman–Crippen LogP) is 3.03. The molecule has 2 aromatic rings. The molecule has 0 unspecified atom stereocenters. The first-order chi connectivity index (χ1) is 15.8. The number of likely N-dealkylation sites (tertiary alicyclic amines) is 1. The van der Waals surface area contributed by atoms with Crippen LogP contribution in [-0.2, 0) is 16.1 Å². The van der Waals surface area contributed by atoms with Gasteiger partial charge in [-0.05, 0) is 69.2 Å². The summed E-state index contributed by atoms with van der Waals surface area (Å²) in [6, 6.07) is 13.4. The number of nitrogens with one attached hydrogen (secondary N) is 3. The third kappa shape index (κ3) is 5.14. The van der Waals surface area contributed by atoms with Gasteiger partial charge in [0.2, 0.25) is 5.91 Å². The Morgan fingerprint density at radius 3 is 2.33 bits per heavy atom. The van der Waals surface area contributed by atoms with E-state index in [1.54, 1.807) is 18.2 Å². The van der Waals surface area contributed by atoms with Crippen molar-refractivity contribution in [1.82, 2.24) is 15.5 Å². The number of amides is 2. The van der Waals surface area contributed by atoms with Crippen molar-refractivity contribution in [2.45, 2.75) is 39.3 Å². The van der Waals surface area contributed by atoms with Gasteiger partial charge in [-0.25, -0.2) is 0 Å². The normalized spacial score (nSPS) is 17.8. The van der Waals surface area contributed by atoms with Crippen LogP contribution < -0.4 is 16.0 Å². The molecule has 2 aromatic carbocycles. The van der Waals surface area contributed by atoms with Crippen LogP contribution in [0.25, 0.3) is 11.3 Å². The fourth-order valence-corrected chi connectivity index (χ4v) is 4.31. The predicted molar refractivity (Wildman–Crippen MR) is 130 cm³/mol. The summed E-state index contributed by atoms with van der Waals surface area (Å²) in [7, 11) is 2.12. The molecule has 2 aliphatic rings. The van der Waals surface area contributed by atoms with Crippen molar-refractivity contribution in [3.8, 4) is 0 Å². The van der Waals surface area contributed by atoms with Crippen molar-refractivity contribution in [2.75, 3.05) is 25.5 Å². The summed E-state index contributed by atoms with van der Waals surface area (Å²) in [5.74, 6) is -0.293. The number of Topliss-reactive ketones (excluding diaryl/α,β-unsaturated/α-hetero) is 1. The maximum Gasteiger partial charge on any atom is 0.258 e. The Labute approximate surface area is 194 Å². The highest BCUT2D eigenvalue weighted by molar-refractivity contribution is 6.36. The molecule has 4 rings (SSSR count). The molecule has 0 atom stereocenters. The third-order valence-corrected chi connectivity index (χ3v) is 6.27. The molecule has 0 aromatic heterocycles. The van der Waals surface area contributed by atoms with Crippen LogP contribution >= 0.6 is 0 Å². The Bertz CT molecular complexity index is 1110. The number of piperidine rings is 1. The second-order valence-corrected chi connectivity index (χ2v) is 8.85. The largest absolute Gasteiger partial charge is 0.381 e. The maximum absolute atomic E-state index is 13.1. The maximum atomic E-state index is 13.1. The van der Waals surface area contributed by atoms with Gasteiger partial charge in [0.15, 0.2) is 5.78 Å². The summed E-state index contributed by atoms with van der Waals surface area (Å²) in [6.45, 7) is 5.46. The zero-order valence-electron chi connectivity index (χ0n) is 19.3. The van der Waals surface area contributed by atoms with E-state index in [0.717, 1.165) is 48.3 Å². The quantitative estimate of drug-likeness (QED) is 0.469. The van der Waals surface area contributed by atoms with Crippen LogP contribution in [0.5, 0.6) is 0 Å². The zero-order chi connectivity index (χ0) is 23.5. The lowest BCUT2D eigenvalue weighted by molar-refractivity contribution is -0.119. The Hall–Kier alpha value is -3.45. The highest BCUT2D eigenvalue weighted by atomic mass is 16.2. The van der Waals surface area contributed by atoms with Gasteiger partial charge in [0, 0.05) is 36.3 Å². The topological polar surface area (TPSA) is 90.5 Å². The van der Waals surface area contributed by atoms with Crippen molar-refractivity contribution in [2.24, 2.45) is 0 Å². The molecule has 172 valence electrons. The van der Waals surface area contributed by atoms with E-state index in [9.17, 15) is 14.4 Å². The van der Waals surface area contributed by atoms with Crippen LogP contribution in [0, 0.1) is 0 Å². The Kier molecular flexibility index (Phi) is 6.60. The number of carbonyl (C=O) groups is 3. The van der Waals surface area contributed by atoms with Gasteiger partial charge in [-0.2, -0.15) is 0 Å². The first-order valence-corrected chi connectivity index (χ1v) is 11.3. The van der Waals surface area contributed by atoms with Gasteiger partial charge < -0.3 is 20.9 Å². The molecule has 0 saturated carbocycles. The molecule has 2 aliphatic heterocycles. The number of rotatable bonds is 6. The van der Waals surface area contributed by atoms with Crippen molar-refractivity contribution < 1.29 is 14.4 Å². The average molecular weight is 447 g/mol. The molecule has 1 saturated heterocycles. The van der Waals surface area contributed by atoms with E-state index < -0.39 is 0 Å². The van der Waals surface area contributed by atoms with Crippen LogP contribution in [0.1, 0.15) is 53.7 Å². The van der Waals surface area contributed by atoms with Gasteiger partial charge in [0.25, 0.3) is 5.91 Å². The van der Waals surface area contributed by atoms with Gasteiger partial charge in [0.05, 0.1) is 11.3 Å². The van der Waals surface area contributed by atoms with Gasteiger partial charge in [0.1, 0.15) is 0 Å². The number of nitrogens with zero attached hydrogens (tertiary/aromatic N) is 1. The number of benzene rings is 2. The van der Waals surface area contributed by atoms with E-state index in [2.05, 4.69) is 27.9 Å². The fourth-order valence-electron chi connectivity index (χ4n) is 4.31. The minimum atomic E-state index is -0.177. The summed E-state index contributed by atoms with van der Waals surface area (Å²) in [4.78, 5) is 38.7. The number of ketones is 1. The number of fused-ring (bicyclic) bond motifs is 1. The lowest BCUT2D eigenvalue weighted by Crippen LogP contribution is -2.40. The third-order valence-electron chi connectivity index (χ3n) is 6.27. The van der Waals surface area contributed by atoms with Gasteiger partial charge in [-0.1, -0.05) is 24.3 Å². The van der Waals surface area contributed by atoms with Crippen LogP contribution in [0.4, 0.5) is 5.69 Å². The average Bonchev–Trinajstić information content (AvgIpc) is 3.12. The van der Waals surface area contributed by atoms with Crippen LogP contribution in [0.3, 0.4) is 0 Å². The van der Waals surface area contributed by atoms with E-state index in [4.69, 9.17) is 0 Å². The minimum absolute atomic E-state index is 0.0383. The number of hydrogen-bond acceptors (Lipinski definition) is 5. The molecule has 0 spiro atoms. The van der Waals surface area contributed by atoms with E-state index in [-0.39, 0.29) is 23.6 Å². The smallest absolute Gasteiger partial charge is 0.258 e. The van der Waals surface area contributed by atoms with E-state index in [1.165, 1.54) is 13.8 Å². The van der Waals surface area contributed by atoms with Gasteiger partial charge in [-0.15, -0.1) is 0 Å². The Balaban J connectivity index is 1.76. The monoisotopic (exact) mass is 446 g/mol. The molecular formula is C26H30N4O3. The minimum Gasteiger partial charge on any atom is -0.381 e. The summed E-state index contributed by atoms with van der Waals surface area (Å²) in [5.41, 5.74) is 5.23. The number of anilines is 1. The first kappa shape index (κ1) is 22.7. The highest BCUT2D eigenvalue weighted by Gasteiger charge is 2.30. The Morgan fingerprint density at radius 2 is 1.70 bits per heavy atom. The lowest BCUT2D eigenvalue weighted by Gasteiger charge is -2.31. The van der Waals surface area contributed by atoms with Crippen molar-refractivity contribution in [1.29, 1.82) is 0 Å². The highest BCUT2D eigenvalue weighted by Crippen LogP contribution is 2.37. The van der Waals surface area contributed by atoms with E-state index in [0.29, 0.717) is 23.4 Å². The summed E-state index contributed by atoms with van der Waals surface area (Å²) >= 11 is 0. The summed E-state index contributed by atoms with van der Waals surface area (Å²) < 4.78 is 0. The Morgan fingerprint density at radius 1 is 1.03 bits per heavy atom. The molecule has 33 heavy (non-hydrogen) atoms. The first-order valence-electron chi connectivity index (χ1n) is 11.3. The molecule has 1 fully saturated rings. The van der Waals surface area contributed by atoms with Crippen LogP contribution in [0.15, 0.2) is 42.5 Å². The van der Waals surface area contributed by atoms with Crippen molar-refractivity contribution in [3.05, 3.63) is 64.7 Å². The van der Waals surface area contributed by atoms with Crippen molar-refractivity contribution >= 4 is 34.6 Å². The molecule has 3 N–H and O–H groups in total. The van der Waals surface area contributed by atoms with Gasteiger partial charge >= 0.3 is 0 Å². The van der Waals surface area contributed by atoms with Crippen molar-refractivity contribution in [3.63, 3.8) is 0 Å². The molecule has 0 radical (unpaired) electrons. The molecular weight excluding hydrogens is 416 g/mol. The molecule has 2 amide bonds. The second kappa shape index (κ2) is 9.58. The molecule has 0 aliphatic carbocycles.